The van der Waals surface area contributed by atoms with Crippen molar-refractivity contribution in [2.24, 2.45) is 4.99 Å². The van der Waals surface area contributed by atoms with Gasteiger partial charge in [0.1, 0.15) is 0 Å². The summed E-state index contributed by atoms with van der Waals surface area (Å²) in [5, 5.41) is 4.77. The van der Waals surface area contributed by atoms with E-state index in [2.05, 4.69) is 20.9 Å². The van der Waals surface area contributed by atoms with E-state index in [0.717, 1.165) is 44.5 Å². The van der Waals surface area contributed by atoms with Gasteiger partial charge in [0.15, 0.2) is 5.17 Å². The fourth-order valence-corrected chi connectivity index (χ4v) is 4.76. The van der Waals surface area contributed by atoms with Gasteiger partial charge in [-0.1, -0.05) is 35.3 Å². The van der Waals surface area contributed by atoms with Crippen molar-refractivity contribution in [1.29, 1.82) is 0 Å². The number of amidine groups is 1. The standard InChI is InChI=1S/C24H21Cl2N3OS/c1-13-11-17(16(4)29(13)21-10-6-8-19(26)15(21)3)12-22-23(30)28-24(31-22)27-20-9-5-7-18(25)14(20)2/h5-12H,1-4H3,(H,27,28,30)/b22-12-. The first kappa shape index (κ1) is 21.8. The van der Waals surface area contributed by atoms with Crippen molar-refractivity contribution in [1.82, 2.24) is 9.88 Å². The number of thioether (sulfide) groups is 1. The molecule has 1 aliphatic heterocycles. The highest BCUT2D eigenvalue weighted by atomic mass is 35.5. The summed E-state index contributed by atoms with van der Waals surface area (Å²) in [5.74, 6) is -0.160. The monoisotopic (exact) mass is 469 g/mol. The van der Waals surface area contributed by atoms with Crippen LogP contribution in [-0.4, -0.2) is 15.6 Å². The molecule has 0 unspecified atom stereocenters. The SMILES string of the molecule is Cc1c(Cl)cccc1N=C1NC(=O)/C(=C/c2cc(C)n(-c3cccc(Cl)c3C)c2C)S1. The van der Waals surface area contributed by atoms with Crippen LogP contribution in [0.3, 0.4) is 0 Å². The number of carbonyl (C=O) groups is 1. The number of nitrogens with one attached hydrogen (secondary N) is 1. The first-order valence-corrected chi connectivity index (χ1v) is 11.3. The van der Waals surface area contributed by atoms with Crippen molar-refractivity contribution in [3.05, 3.63) is 85.5 Å². The number of nitrogens with zero attached hydrogens (tertiary/aromatic N) is 2. The number of benzene rings is 2. The van der Waals surface area contributed by atoms with Crippen molar-refractivity contribution in [2.75, 3.05) is 0 Å². The molecule has 0 aliphatic carbocycles. The fraction of sp³-hybridized carbons (Fsp3) is 0.167. The third kappa shape index (κ3) is 4.18. The van der Waals surface area contributed by atoms with Crippen LogP contribution >= 0.6 is 35.0 Å². The smallest absolute Gasteiger partial charge is 0.264 e. The van der Waals surface area contributed by atoms with E-state index >= 15 is 0 Å². The maximum atomic E-state index is 12.6. The number of hydrogen-bond donors (Lipinski definition) is 1. The van der Waals surface area contributed by atoms with Crippen LogP contribution in [0.4, 0.5) is 5.69 Å². The topological polar surface area (TPSA) is 46.4 Å². The number of carbonyl (C=O) groups excluding carboxylic acids is 1. The highest BCUT2D eigenvalue weighted by molar-refractivity contribution is 8.18. The average Bonchev–Trinajstić information content (AvgIpc) is 3.20. The normalized spacial score (nSPS) is 16.4. The van der Waals surface area contributed by atoms with Gasteiger partial charge in [0.05, 0.1) is 10.6 Å². The molecule has 1 aliphatic rings. The quantitative estimate of drug-likeness (QED) is 0.423. The molecule has 1 aromatic heterocycles. The highest BCUT2D eigenvalue weighted by Gasteiger charge is 2.25. The summed E-state index contributed by atoms with van der Waals surface area (Å²) in [6.45, 7) is 8.01. The predicted octanol–water partition coefficient (Wildman–Crippen LogP) is 6.91. The summed E-state index contributed by atoms with van der Waals surface area (Å²) in [6.07, 6.45) is 1.91. The Labute approximate surface area is 196 Å². The molecular weight excluding hydrogens is 449 g/mol. The molecule has 31 heavy (non-hydrogen) atoms. The van der Waals surface area contributed by atoms with E-state index in [4.69, 9.17) is 23.2 Å². The van der Waals surface area contributed by atoms with Gasteiger partial charge in [0.2, 0.25) is 0 Å². The molecule has 7 heteroatoms. The van der Waals surface area contributed by atoms with E-state index in [1.165, 1.54) is 11.8 Å². The summed E-state index contributed by atoms with van der Waals surface area (Å²) in [4.78, 5) is 17.7. The Morgan fingerprint density at radius 1 is 1.00 bits per heavy atom. The molecule has 1 saturated heterocycles. The number of aryl methyl sites for hydroxylation is 1. The molecule has 0 spiro atoms. The van der Waals surface area contributed by atoms with Crippen LogP contribution in [0, 0.1) is 27.7 Å². The van der Waals surface area contributed by atoms with Gasteiger partial charge in [-0.2, -0.15) is 0 Å². The number of aliphatic imine (C=N–C) groups is 1. The lowest BCUT2D eigenvalue weighted by molar-refractivity contribution is -0.115. The molecule has 0 atom stereocenters. The lowest BCUT2D eigenvalue weighted by atomic mass is 10.2. The second-order valence-corrected chi connectivity index (χ2v) is 9.26. The Morgan fingerprint density at radius 3 is 2.42 bits per heavy atom. The Kier molecular flexibility index (Phi) is 6.02. The molecule has 1 amide bonds. The first-order valence-electron chi connectivity index (χ1n) is 9.75. The van der Waals surface area contributed by atoms with E-state index in [1.807, 2.05) is 70.2 Å². The molecule has 4 rings (SSSR count). The summed E-state index contributed by atoms with van der Waals surface area (Å²) >= 11 is 13.8. The van der Waals surface area contributed by atoms with Crippen LogP contribution in [0.1, 0.15) is 28.1 Å². The summed E-state index contributed by atoms with van der Waals surface area (Å²) < 4.78 is 2.16. The number of rotatable bonds is 3. The molecule has 3 aromatic rings. The fourth-order valence-electron chi connectivity index (χ4n) is 3.59. The van der Waals surface area contributed by atoms with Crippen molar-refractivity contribution in [3.63, 3.8) is 0 Å². The Hall–Kier alpha value is -2.47. The Balaban J connectivity index is 1.68. The maximum Gasteiger partial charge on any atom is 0.264 e. The number of aromatic nitrogens is 1. The summed E-state index contributed by atoms with van der Waals surface area (Å²) in [6, 6.07) is 13.5. The first-order chi connectivity index (χ1) is 14.8. The second kappa shape index (κ2) is 8.58. The van der Waals surface area contributed by atoms with Crippen LogP contribution in [0.2, 0.25) is 10.0 Å². The third-order valence-corrected chi connectivity index (χ3v) is 7.08. The van der Waals surface area contributed by atoms with Crippen LogP contribution < -0.4 is 5.32 Å². The molecule has 1 N–H and O–H groups in total. The van der Waals surface area contributed by atoms with Gasteiger partial charge in [-0.25, -0.2) is 4.99 Å². The van der Waals surface area contributed by atoms with Gasteiger partial charge in [-0.3, -0.25) is 4.79 Å². The zero-order valence-corrected chi connectivity index (χ0v) is 19.9. The zero-order chi connectivity index (χ0) is 22.3. The number of halogens is 2. The third-order valence-electron chi connectivity index (χ3n) is 5.35. The number of amides is 1. The van der Waals surface area contributed by atoms with Crippen molar-refractivity contribution >= 4 is 57.8 Å². The van der Waals surface area contributed by atoms with E-state index in [-0.39, 0.29) is 5.91 Å². The summed E-state index contributed by atoms with van der Waals surface area (Å²) in [7, 11) is 0. The van der Waals surface area contributed by atoms with E-state index in [9.17, 15) is 4.79 Å². The van der Waals surface area contributed by atoms with E-state index < -0.39 is 0 Å². The van der Waals surface area contributed by atoms with Crippen LogP contribution in [0.5, 0.6) is 0 Å². The molecule has 0 bridgehead atoms. The molecule has 2 aromatic carbocycles. The minimum absolute atomic E-state index is 0.160. The van der Waals surface area contributed by atoms with Gasteiger partial charge in [-0.05, 0) is 92.6 Å². The maximum absolute atomic E-state index is 12.6. The molecule has 0 radical (unpaired) electrons. The minimum Gasteiger partial charge on any atom is -0.318 e. The Morgan fingerprint density at radius 2 is 1.68 bits per heavy atom. The number of hydrogen-bond acceptors (Lipinski definition) is 3. The van der Waals surface area contributed by atoms with Crippen molar-refractivity contribution < 1.29 is 4.79 Å². The highest BCUT2D eigenvalue weighted by Crippen LogP contribution is 2.33. The Bertz CT molecular complexity index is 1270. The molecule has 158 valence electrons. The largest absolute Gasteiger partial charge is 0.318 e. The van der Waals surface area contributed by atoms with E-state index in [1.54, 1.807) is 0 Å². The second-order valence-electron chi connectivity index (χ2n) is 7.41. The van der Waals surface area contributed by atoms with Gasteiger partial charge in [0, 0.05) is 27.1 Å². The lowest BCUT2D eigenvalue weighted by Gasteiger charge is -2.13. The minimum atomic E-state index is -0.160. The molecule has 0 saturated carbocycles. The van der Waals surface area contributed by atoms with Crippen LogP contribution in [0.15, 0.2) is 52.4 Å². The van der Waals surface area contributed by atoms with Crippen molar-refractivity contribution in [3.8, 4) is 5.69 Å². The zero-order valence-electron chi connectivity index (χ0n) is 17.6. The van der Waals surface area contributed by atoms with Gasteiger partial charge in [0.25, 0.3) is 5.91 Å². The van der Waals surface area contributed by atoms with Gasteiger partial charge < -0.3 is 9.88 Å². The van der Waals surface area contributed by atoms with Gasteiger partial charge >= 0.3 is 0 Å². The average molecular weight is 470 g/mol. The predicted molar refractivity (Wildman–Crippen MR) is 132 cm³/mol. The van der Waals surface area contributed by atoms with Crippen LogP contribution in [-0.2, 0) is 4.79 Å². The molecule has 1 fully saturated rings. The summed E-state index contributed by atoms with van der Waals surface area (Å²) in [5.41, 5.74) is 6.77. The molecule has 2 heterocycles. The van der Waals surface area contributed by atoms with E-state index in [0.29, 0.717) is 15.1 Å². The molecule has 4 nitrogen and oxygen atoms in total. The van der Waals surface area contributed by atoms with Gasteiger partial charge in [-0.15, -0.1) is 0 Å². The molecular formula is C24H21Cl2N3OS. The van der Waals surface area contributed by atoms with Crippen LogP contribution in [0.25, 0.3) is 11.8 Å². The van der Waals surface area contributed by atoms with Crippen molar-refractivity contribution in [2.45, 2.75) is 27.7 Å². The lowest BCUT2D eigenvalue weighted by Crippen LogP contribution is -2.19.